The van der Waals surface area contributed by atoms with Crippen LogP contribution in [0.4, 0.5) is 5.69 Å². The number of aromatic hydroxyl groups is 1. The average Bonchev–Trinajstić information content (AvgIpc) is 2.81. The van der Waals surface area contributed by atoms with Crippen LogP contribution in [0.15, 0.2) is 77.9 Å². The van der Waals surface area contributed by atoms with Crippen molar-refractivity contribution in [2.24, 2.45) is 5.10 Å². The molecule has 0 fully saturated rings. The summed E-state index contributed by atoms with van der Waals surface area (Å²) in [5, 5.41) is 15.9. The van der Waals surface area contributed by atoms with E-state index in [0.717, 1.165) is 5.56 Å². The Kier molecular flexibility index (Phi) is 7.80. The second kappa shape index (κ2) is 11.2. The van der Waals surface area contributed by atoms with Crippen LogP contribution in [0.25, 0.3) is 0 Å². The summed E-state index contributed by atoms with van der Waals surface area (Å²) in [7, 11) is 0. The number of hydrogen-bond donors (Lipinski definition) is 3. The Bertz CT molecular complexity index is 1080. The highest BCUT2D eigenvalue weighted by Crippen LogP contribution is 2.26. The molecule has 0 aliphatic heterocycles. The van der Waals surface area contributed by atoms with Gasteiger partial charge in [-0.05, 0) is 60.5 Å². The first-order valence-corrected chi connectivity index (χ1v) is 9.92. The third-order valence-electron chi connectivity index (χ3n) is 4.23. The number of benzene rings is 3. The lowest BCUT2D eigenvalue weighted by molar-refractivity contribution is -0.136. The summed E-state index contributed by atoms with van der Waals surface area (Å²) in [6.45, 7) is 2.62. The molecule has 3 N–H and O–H groups in total. The smallest absolute Gasteiger partial charge is 0.329 e. The first kappa shape index (κ1) is 22.4. The van der Waals surface area contributed by atoms with E-state index in [1.165, 1.54) is 12.3 Å². The minimum atomic E-state index is -0.922. The zero-order valence-corrected chi connectivity index (χ0v) is 17.4. The van der Waals surface area contributed by atoms with Gasteiger partial charge in [0.1, 0.15) is 12.4 Å². The molecule has 32 heavy (non-hydrogen) atoms. The van der Waals surface area contributed by atoms with Gasteiger partial charge in [0.25, 0.3) is 0 Å². The highest BCUT2D eigenvalue weighted by Gasteiger charge is 2.13. The fraction of sp³-hybridized carbons (Fsp3) is 0.125. The first-order valence-electron chi connectivity index (χ1n) is 9.92. The fourth-order valence-corrected chi connectivity index (χ4v) is 2.66. The largest absolute Gasteiger partial charge is 0.504 e. The van der Waals surface area contributed by atoms with Gasteiger partial charge in [0, 0.05) is 5.69 Å². The van der Waals surface area contributed by atoms with Gasteiger partial charge in [-0.15, -0.1) is 0 Å². The number of nitrogens with zero attached hydrogens (tertiary/aromatic N) is 1. The lowest BCUT2D eigenvalue weighted by Crippen LogP contribution is -2.32. The fourth-order valence-electron chi connectivity index (χ4n) is 2.66. The molecular formula is C24H23N3O5. The molecule has 3 aromatic carbocycles. The van der Waals surface area contributed by atoms with Crippen LogP contribution >= 0.6 is 0 Å². The lowest BCUT2D eigenvalue weighted by Gasteiger charge is -2.08. The molecule has 0 bridgehead atoms. The third kappa shape index (κ3) is 6.60. The van der Waals surface area contributed by atoms with Crippen LogP contribution in [-0.4, -0.2) is 29.7 Å². The summed E-state index contributed by atoms with van der Waals surface area (Å²) in [5.41, 5.74) is 4.23. The Morgan fingerprint density at radius 3 is 2.44 bits per heavy atom. The van der Waals surface area contributed by atoms with Crippen molar-refractivity contribution >= 4 is 23.7 Å². The molecule has 0 unspecified atom stereocenters. The van der Waals surface area contributed by atoms with Gasteiger partial charge < -0.3 is 19.9 Å². The van der Waals surface area contributed by atoms with Crippen LogP contribution in [0, 0.1) is 0 Å². The summed E-state index contributed by atoms with van der Waals surface area (Å²) in [6.07, 6.45) is 1.34. The zero-order chi connectivity index (χ0) is 22.8. The molecule has 0 aliphatic carbocycles. The number of carbonyl (C=O) groups is 2. The molecule has 0 heterocycles. The normalized spacial score (nSPS) is 10.5. The van der Waals surface area contributed by atoms with Gasteiger partial charge in [-0.25, -0.2) is 5.43 Å². The van der Waals surface area contributed by atoms with E-state index in [1.54, 1.807) is 43.3 Å². The zero-order valence-electron chi connectivity index (χ0n) is 17.4. The SMILES string of the molecule is CCOc1cc(/C=N\NC(=O)C(=O)Nc2ccc(OCc3ccccc3)cc2)ccc1O. The van der Waals surface area contributed by atoms with Crippen molar-refractivity contribution in [3.63, 3.8) is 0 Å². The van der Waals surface area contributed by atoms with Gasteiger partial charge in [0.15, 0.2) is 11.5 Å². The molecule has 0 aliphatic rings. The minimum absolute atomic E-state index is 0.00361. The molecule has 0 spiro atoms. The number of amides is 2. The van der Waals surface area contributed by atoms with Gasteiger partial charge in [-0.2, -0.15) is 5.10 Å². The number of phenols is 1. The van der Waals surface area contributed by atoms with Crippen molar-refractivity contribution in [3.8, 4) is 17.2 Å². The predicted octanol–water partition coefficient (Wildman–Crippen LogP) is 3.46. The van der Waals surface area contributed by atoms with Gasteiger partial charge in [0.05, 0.1) is 12.8 Å². The number of hydrogen-bond acceptors (Lipinski definition) is 6. The molecule has 3 aromatic rings. The number of anilines is 1. The average molecular weight is 433 g/mol. The van der Waals surface area contributed by atoms with Gasteiger partial charge >= 0.3 is 11.8 Å². The molecule has 0 atom stereocenters. The molecule has 0 radical (unpaired) electrons. The maximum Gasteiger partial charge on any atom is 0.329 e. The molecular weight excluding hydrogens is 410 g/mol. The summed E-state index contributed by atoms with van der Waals surface area (Å²) >= 11 is 0. The molecule has 8 nitrogen and oxygen atoms in total. The second-order valence-electron chi connectivity index (χ2n) is 6.61. The molecule has 0 saturated heterocycles. The molecule has 0 aromatic heterocycles. The molecule has 164 valence electrons. The van der Waals surface area contributed by atoms with E-state index in [4.69, 9.17) is 9.47 Å². The number of ether oxygens (including phenoxy) is 2. The Morgan fingerprint density at radius 1 is 0.969 bits per heavy atom. The number of rotatable bonds is 8. The van der Waals surface area contributed by atoms with E-state index in [2.05, 4.69) is 15.8 Å². The van der Waals surface area contributed by atoms with Crippen molar-refractivity contribution in [2.45, 2.75) is 13.5 Å². The van der Waals surface area contributed by atoms with Crippen molar-refractivity contribution < 1.29 is 24.2 Å². The Morgan fingerprint density at radius 2 is 1.72 bits per heavy atom. The van der Waals surface area contributed by atoms with E-state index >= 15 is 0 Å². The summed E-state index contributed by atoms with van der Waals surface area (Å²) in [5.74, 6) is -0.836. The second-order valence-corrected chi connectivity index (χ2v) is 6.61. The van der Waals surface area contributed by atoms with E-state index in [1.807, 2.05) is 30.3 Å². The monoisotopic (exact) mass is 433 g/mol. The van der Waals surface area contributed by atoms with E-state index in [-0.39, 0.29) is 5.75 Å². The van der Waals surface area contributed by atoms with Gasteiger partial charge in [0.2, 0.25) is 0 Å². The van der Waals surface area contributed by atoms with Crippen LogP contribution in [0.1, 0.15) is 18.1 Å². The van der Waals surface area contributed by atoms with Crippen LogP contribution in [0.5, 0.6) is 17.2 Å². The van der Waals surface area contributed by atoms with E-state index in [9.17, 15) is 14.7 Å². The summed E-state index contributed by atoms with van der Waals surface area (Å²) < 4.78 is 11.0. The molecule has 8 heteroatoms. The topological polar surface area (TPSA) is 109 Å². The lowest BCUT2D eigenvalue weighted by atomic mass is 10.2. The number of nitrogens with one attached hydrogen (secondary N) is 2. The maximum atomic E-state index is 12.1. The summed E-state index contributed by atoms with van der Waals surface area (Å²) in [6, 6.07) is 21.0. The predicted molar refractivity (Wildman–Crippen MR) is 121 cm³/mol. The van der Waals surface area contributed by atoms with Crippen molar-refractivity contribution in [1.82, 2.24) is 5.43 Å². The maximum absolute atomic E-state index is 12.1. The minimum Gasteiger partial charge on any atom is -0.504 e. The quantitative estimate of drug-likeness (QED) is 0.286. The Hall–Kier alpha value is -4.33. The molecule has 0 saturated carbocycles. The van der Waals surface area contributed by atoms with Crippen molar-refractivity contribution in [1.29, 1.82) is 0 Å². The van der Waals surface area contributed by atoms with Gasteiger partial charge in [-0.3, -0.25) is 9.59 Å². The number of phenolic OH excluding ortho intramolecular Hbond substituents is 1. The molecule has 2 amide bonds. The summed E-state index contributed by atoms with van der Waals surface area (Å²) in [4.78, 5) is 24.0. The van der Waals surface area contributed by atoms with Gasteiger partial charge in [-0.1, -0.05) is 30.3 Å². The first-order chi connectivity index (χ1) is 15.5. The molecule has 3 rings (SSSR count). The van der Waals surface area contributed by atoms with Crippen LogP contribution in [0.3, 0.4) is 0 Å². The Balaban J connectivity index is 1.48. The highest BCUT2D eigenvalue weighted by atomic mass is 16.5. The van der Waals surface area contributed by atoms with Crippen LogP contribution in [-0.2, 0) is 16.2 Å². The third-order valence-corrected chi connectivity index (χ3v) is 4.23. The van der Waals surface area contributed by atoms with Crippen molar-refractivity contribution in [2.75, 3.05) is 11.9 Å². The van der Waals surface area contributed by atoms with Crippen molar-refractivity contribution in [3.05, 3.63) is 83.9 Å². The van der Waals surface area contributed by atoms with Crippen LogP contribution < -0.4 is 20.2 Å². The number of hydrazone groups is 1. The van der Waals surface area contributed by atoms with E-state index in [0.29, 0.717) is 36.0 Å². The number of carbonyl (C=O) groups excluding carboxylic acids is 2. The highest BCUT2D eigenvalue weighted by molar-refractivity contribution is 6.39. The van der Waals surface area contributed by atoms with E-state index < -0.39 is 11.8 Å². The van der Waals surface area contributed by atoms with Crippen LogP contribution in [0.2, 0.25) is 0 Å². The standard InChI is InChI=1S/C24H23N3O5/c1-2-31-22-14-18(8-13-21(22)28)15-25-27-24(30)23(29)26-19-9-11-20(12-10-19)32-16-17-6-4-3-5-7-17/h3-15,28H,2,16H2,1H3,(H,26,29)(H,27,30)/b25-15-. The Labute approximate surface area is 185 Å².